The van der Waals surface area contributed by atoms with Crippen molar-refractivity contribution in [3.63, 3.8) is 0 Å². The van der Waals surface area contributed by atoms with Crippen molar-refractivity contribution in [2.75, 3.05) is 28.2 Å². The van der Waals surface area contributed by atoms with Crippen molar-refractivity contribution in [3.05, 3.63) is 105 Å². The summed E-state index contributed by atoms with van der Waals surface area (Å²) >= 11 is 6.84. The zero-order chi connectivity index (χ0) is 60.9. The highest BCUT2D eigenvalue weighted by Gasteiger charge is 2.43. The first-order valence-electron chi connectivity index (χ1n) is 27.9. The second-order valence-corrected chi connectivity index (χ2v) is 25.0. The molecule has 3 heterocycles. The van der Waals surface area contributed by atoms with E-state index in [2.05, 4.69) is 42.1 Å². The summed E-state index contributed by atoms with van der Waals surface area (Å²) in [5, 5.41) is 8.66. The molecular formula is C60H82Br2N8O12. The summed E-state index contributed by atoms with van der Waals surface area (Å²) < 4.78 is 29.3. The Balaban J connectivity index is 1.59. The van der Waals surface area contributed by atoms with Crippen molar-refractivity contribution in [3.8, 4) is 0 Å². The van der Waals surface area contributed by atoms with Crippen molar-refractivity contribution in [1.82, 2.24) is 39.2 Å². The largest absolute Gasteiger partial charge is 0.451 e. The van der Waals surface area contributed by atoms with Gasteiger partial charge < -0.3 is 38.5 Å². The van der Waals surface area contributed by atoms with Crippen LogP contribution in [-0.2, 0) is 83.2 Å². The Labute approximate surface area is 499 Å². The van der Waals surface area contributed by atoms with Crippen LogP contribution in [0.5, 0.6) is 0 Å². The van der Waals surface area contributed by atoms with Gasteiger partial charge in [-0.3, -0.25) is 28.5 Å². The lowest BCUT2D eigenvalue weighted by Gasteiger charge is -2.35. The second kappa shape index (κ2) is 30.2. The molecule has 1 aliphatic heterocycles. The van der Waals surface area contributed by atoms with E-state index in [9.17, 15) is 28.8 Å². The number of carbonyl (C=O) groups excluding carboxylic acids is 8. The van der Waals surface area contributed by atoms with Crippen LogP contribution in [0.3, 0.4) is 0 Å². The van der Waals surface area contributed by atoms with Gasteiger partial charge in [0.2, 0.25) is 0 Å². The van der Waals surface area contributed by atoms with E-state index in [1.165, 1.54) is 42.0 Å². The van der Waals surface area contributed by atoms with Gasteiger partial charge in [0.05, 0.1) is 34.4 Å². The summed E-state index contributed by atoms with van der Waals surface area (Å²) in [5.41, 5.74) is 3.01. The Hall–Kier alpha value is -6.42. The maximum absolute atomic E-state index is 15.0. The van der Waals surface area contributed by atoms with Crippen LogP contribution in [0.15, 0.2) is 82.3 Å². The number of ether oxygens (including phenoxy) is 4. The lowest BCUT2D eigenvalue weighted by Crippen LogP contribution is -2.55. The Morgan fingerprint density at radius 1 is 0.415 bits per heavy atom. The molecule has 0 bridgehead atoms. The zero-order valence-electron chi connectivity index (χ0n) is 49.7. The van der Waals surface area contributed by atoms with Gasteiger partial charge in [-0.2, -0.15) is 10.2 Å². The number of halogens is 2. The van der Waals surface area contributed by atoms with Crippen molar-refractivity contribution in [1.29, 1.82) is 0 Å². The average Bonchev–Trinajstić information content (AvgIpc) is 4.03. The van der Waals surface area contributed by atoms with E-state index >= 15 is 9.59 Å². The number of cyclic esters (lactones) is 4. The van der Waals surface area contributed by atoms with Crippen LogP contribution in [0.25, 0.3) is 0 Å². The molecule has 2 aromatic heterocycles. The first kappa shape index (κ1) is 66.4. The van der Waals surface area contributed by atoms with E-state index in [0.717, 1.165) is 39.7 Å². The van der Waals surface area contributed by atoms with Gasteiger partial charge in [-0.15, -0.1) is 0 Å². The van der Waals surface area contributed by atoms with Gasteiger partial charge in [0.15, 0.2) is 24.4 Å². The summed E-state index contributed by atoms with van der Waals surface area (Å²) in [6.45, 7) is 18.4. The molecule has 2 aromatic carbocycles. The van der Waals surface area contributed by atoms with Gasteiger partial charge >= 0.3 is 23.9 Å². The van der Waals surface area contributed by atoms with Gasteiger partial charge in [-0.1, -0.05) is 104 Å². The monoisotopic (exact) mass is 1260 g/mol. The molecule has 1 fully saturated rings. The molecule has 4 amide bonds. The highest BCUT2D eigenvalue weighted by atomic mass is 79.9. The summed E-state index contributed by atoms with van der Waals surface area (Å²) in [4.78, 5) is 122. The Morgan fingerprint density at radius 3 is 0.927 bits per heavy atom. The van der Waals surface area contributed by atoms with Crippen LogP contribution in [0.2, 0.25) is 0 Å². The van der Waals surface area contributed by atoms with Crippen LogP contribution in [0.4, 0.5) is 0 Å². The van der Waals surface area contributed by atoms with E-state index < -0.39 is 96.1 Å². The SMILES string of the molecule is CC(C)C[C@H]1C(=O)O[C@H](Cc2ccc(Cn3cc(Br)cn3)cc2)C(=O)N(C)[C@@H](CC(C)C)C(=O)O[C@H](C)C(=O)N(C)[C@@H](CC(C)C)C(=O)O[C@H](Cc2ccc(Cn3cc(Br)cn3)cc2)C(=O)N(C)[C@@H](CC(C)C)C(=O)O[C@H](C)C(=O)N1C. The van der Waals surface area contributed by atoms with Gasteiger partial charge in [-0.25, -0.2) is 19.2 Å². The number of hydrogen-bond donors (Lipinski definition) is 0. The molecule has 0 radical (unpaired) electrons. The minimum absolute atomic E-state index is 0.0792. The number of benzene rings is 2. The fourth-order valence-corrected chi connectivity index (χ4v) is 10.3. The molecule has 5 rings (SSSR count). The van der Waals surface area contributed by atoms with Crippen LogP contribution in [0.1, 0.15) is 117 Å². The second-order valence-electron chi connectivity index (χ2n) is 23.1. The van der Waals surface area contributed by atoms with Crippen LogP contribution >= 0.6 is 31.9 Å². The molecule has 82 heavy (non-hydrogen) atoms. The number of rotatable bonds is 16. The smallest absolute Gasteiger partial charge is 0.329 e. The number of carbonyl (C=O) groups is 8. The number of amides is 4. The predicted octanol–water partition coefficient (Wildman–Crippen LogP) is 7.68. The minimum atomic E-state index is -1.54. The summed E-state index contributed by atoms with van der Waals surface area (Å²) in [6.07, 6.45) is 1.00. The first-order chi connectivity index (χ1) is 38.5. The maximum atomic E-state index is 15.0. The highest BCUT2D eigenvalue weighted by molar-refractivity contribution is 9.10. The third-order valence-corrected chi connectivity index (χ3v) is 15.1. The summed E-state index contributed by atoms with van der Waals surface area (Å²) in [5.74, 6) is -7.47. The first-order valence-corrected chi connectivity index (χ1v) is 29.5. The molecule has 4 aromatic rings. The standard InChI is InChI=1S/C60H82Br2N8O12/c1-35(2)23-47-57(75)79-39(9)53(71)65(11)50(26-38(7)8)60(78)82-52(28-42-17-21-44(22-18-42)32-70-34-46(62)30-64-70)56(74)68(14)48(24-36(3)4)58(76)80-40(10)54(72)66(12)49(25-37(5)6)59(77)81-51(55(73)67(47)13)27-41-15-19-43(20-16-41)31-69-33-45(61)29-63-69/h15-22,29-30,33-40,47-52H,23-28,31-32H2,1-14H3/t39-,40-,47+,48+,49+,50+,51-,52-/m1/s1. The topological polar surface area (TPSA) is 222 Å². The number of aromatic nitrogens is 4. The van der Waals surface area contributed by atoms with Crippen molar-refractivity contribution >= 4 is 79.4 Å². The molecule has 448 valence electrons. The molecule has 1 aliphatic rings. The highest BCUT2D eigenvalue weighted by Crippen LogP contribution is 2.25. The fourth-order valence-electron chi connectivity index (χ4n) is 9.69. The molecule has 20 nitrogen and oxygen atoms in total. The van der Waals surface area contributed by atoms with Gasteiger partial charge in [-0.05, 0) is 117 Å². The molecular weight excluding hydrogens is 1180 g/mol. The van der Waals surface area contributed by atoms with Gasteiger partial charge in [0.1, 0.15) is 24.2 Å². The van der Waals surface area contributed by atoms with E-state index in [1.54, 1.807) is 46.0 Å². The van der Waals surface area contributed by atoms with Crippen molar-refractivity contribution in [2.24, 2.45) is 23.7 Å². The minimum Gasteiger partial charge on any atom is -0.451 e. The van der Waals surface area contributed by atoms with Crippen LogP contribution < -0.4 is 0 Å². The molecule has 0 N–H and O–H groups in total. The summed E-state index contributed by atoms with van der Waals surface area (Å²) in [7, 11) is 5.56. The van der Waals surface area contributed by atoms with Gasteiger partial charge in [0.25, 0.3) is 23.6 Å². The number of hydrogen-bond acceptors (Lipinski definition) is 14. The van der Waals surface area contributed by atoms with E-state index in [1.807, 2.05) is 92.0 Å². The number of nitrogens with zero attached hydrogens (tertiary/aromatic N) is 8. The van der Waals surface area contributed by atoms with E-state index in [4.69, 9.17) is 18.9 Å². The normalized spacial score (nSPS) is 23.0. The molecule has 0 saturated carbocycles. The zero-order valence-corrected chi connectivity index (χ0v) is 52.9. The predicted molar refractivity (Wildman–Crippen MR) is 313 cm³/mol. The third-order valence-electron chi connectivity index (χ3n) is 14.3. The van der Waals surface area contributed by atoms with Crippen molar-refractivity contribution in [2.45, 2.75) is 169 Å². The summed E-state index contributed by atoms with van der Waals surface area (Å²) in [6, 6.07) is 9.47. The average molecular weight is 1270 g/mol. The van der Waals surface area contributed by atoms with Crippen LogP contribution in [0, 0.1) is 23.7 Å². The molecule has 0 aliphatic carbocycles. The fraction of sp³-hybridized carbons (Fsp3) is 0.567. The lowest BCUT2D eigenvalue weighted by atomic mass is 9.99. The third kappa shape index (κ3) is 18.8. The Morgan fingerprint density at radius 2 is 0.671 bits per heavy atom. The number of esters is 4. The molecule has 0 spiro atoms. The van der Waals surface area contributed by atoms with E-state index in [-0.39, 0.29) is 62.2 Å². The van der Waals surface area contributed by atoms with Crippen molar-refractivity contribution < 1.29 is 57.3 Å². The number of likely N-dealkylation sites (N-methyl/N-ethyl adjacent to an activating group) is 4. The molecule has 0 unspecified atom stereocenters. The Bertz CT molecular complexity index is 2630. The quantitative estimate of drug-likeness (QED) is 0.0776. The van der Waals surface area contributed by atoms with Gasteiger partial charge in [0, 0.05) is 53.4 Å². The lowest BCUT2D eigenvalue weighted by molar-refractivity contribution is -0.176. The van der Waals surface area contributed by atoms with Crippen LogP contribution in [-0.4, -0.2) is 163 Å². The Kier molecular flexibility index (Phi) is 24.5. The van der Waals surface area contributed by atoms with E-state index in [0.29, 0.717) is 24.2 Å². The molecule has 1 saturated heterocycles. The maximum Gasteiger partial charge on any atom is 0.329 e. The molecule has 8 atom stereocenters. The molecule has 22 heteroatoms.